The lowest BCUT2D eigenvalue weighted by atomic mass is 10.2. The van der Waals surface area contributed by atoms with Crippen LogP contribution in [0, 0.1) is 5.92 Å². The van der Waals surface area contributed by atoms with Crippen molar-refractivity contribution in [3.05, 3.63) is 38.0 Å². The van der Waals surface area contributed by atoms with Crippen LogP contribution in [0.3, 0.4) is 0 Å². The van der Waals surface area contributed by atoms with Crippen LogP contribution in [0.4, 0.5) is 0 Å². The van der Waals surface area contributed by atoms with Gasteiger partial charge in [0, 0.05) is 24.1 Å². The first-order valence-electron chi connectivity index (χ1n) is 5.49. The molecule has 0 aromatic rings. The van der Waals surface area contributed by atoms with Gasteiger partial charge in [0.25, 0.3) is 5.97 Å². The highest BCUT2D eigenvalue weighted by molar-refractivity contribution is 5.79. The van der Waals surface area contributed by atoms with Crippen LogP contribution < -0.4 is 0 Å². The molecule has 0 aromatic carbocycles. The molecule has 0 saturated carbocycles. The summed E-state index contributed by atoms with van der Waals surface area (Å²) in [7, 11) is 0. The summed E-state index contributed by atoms with van der Waals surface area (Å²) < 4.78 is 0. The normalized spacial score (nSPS) is 8.45. The second-order valence-corrected chi connectivity index (χ2v) is 3.47. The van der Waals surface area contributed by atoms with Crippen LogP contribution in [0.1, 0.15) is 13.8 Å². The highest BCUT2D eigenvalue weighted by Gasteiger charge is 2.22. The molecule has 22 heavy (non-hydrogen) atoms. The lowest BCUT2D eigenvalue weighted by Gasteiger charge is -2.16. The number of carbonyl (C=O) groups is 3. The van der Waals surface area contributed by atoms with E-state index in [2.05, 4.69) is 19.7 Å². The van der Waals surface area contributed by atoms with Gasteiger partial charge in [-0.25, -0.2) is 14.4 Å². The number of carboxylic acids is 3. The summed E-state index contributed by atoms with van der Waals surface area (Å²) in [4.78, 5) is 27.8. The maximum Gasteiger partial charge on any atom is 0.327 e. The van der Waals surface area contributed by atoms with Gasteiger partial charge in [0.15, 0.2) is 0 Å². The molecule has 6 N–H and O–H groups in total. The van der Waals surface area contributed by atoms with Crippen LogP contribution in [-0.2, 0) is 14.4 Å². The Kier molecular flexibility index (Phi) is 20.9. The fourth-order valence-corrected chi connectivity index (χ4v) is 0. The van der Waals surface area contributed by atoms with E-state index in [1.807, 2.05) is 0 Å². The lowest BCUT2D eigenvalue weighted by molar-refractivity contribution is -0.335. The van der Waals surface area contributed by atoms with Crippen molar-refractivity contribution >= 4 is 17.9 Å². The van der Waals surface area contributed by atoms with Crippen LogP contribution in [0.15, 0.2) is 38.0 Å². The summed E-state index contributed by atoms with van der Waals surface area (Å²) in [6, 6.07) is 0. The number of hydrogen-bond donors (Lipinski definition) is 6. The van der Waals surface area contributed by atoms with Gasteiger partial charge in [-0.3, -0.25) is 0 Å². The smallest absolute Gasteiger partial charge is 0.327 e. The predicted molar refractivity (Wildman–Crippen MR) is 77.7 cm³/mol. The van der Waals surface area contributed by atoms with Crippen LogP contribution >= 0.6 is 0 Å². The maximum atomic E-state index is 9.25. The second kappa shape index (κ2) is 16.6. The van der Waals surface area contributed by atoms with Crippen molar-refractivity contribution in [2.75, 3.05) is 0 Å². The standard InChI is InChI=1S/C4H10O3.3C3H4O2/c1-3(2)4(5,6)7;3*1-2-3(4)5/h3,5-7H,1-2H3;3*2H,1H2,(H,4,5). The van der Waals surface area contributed by atoms with Crippen molar-refractivity contribution in [2.24, 2.45) is 5.92 Å². The van der Waals surface area contributed by atoms with Crippen molar-refractivity contribution in [1.82, 2.24) is 0 Å². The van der Waals surface area contributed by atoms with E-state index >= 15 is 0 Å². The molecule has 0 aromatic heterocycles. The minimum absolute atomic E-state index is 0.535. The molecular formula is C13H22O9. The van der Waals surface area contributed by atoms with Crippen molar-refractivity contribution < 1.29 is 45.0 Å². The van der Waals surface area contributed by atoms with E-state index in [0.717, 1.165) is 18.2 Å². The van der Waals surface area contributed by atoms with Crippen molar-refractivity contribution in [3.8, 4) is 0 Å². The Morgan fingerprint density at radius 2 is 0.864 bits per heavy atom. The van der Waals surface area contributed by atoms with E-state index in [9.17, 15) is 14.4 Å². The molecule has 0 aliphatic carbocycles. The third-order valence-corrected chi connectivity index (χ3v) is 1.30. The molecule has 0 fully saturated rings. The molecule has 128 valence electrons. The first-order chi connectivity index (χ1) is 9.75. The fourth-order valence-electron chi connectivity index (χ4n) is 0. The van der Waals surface area contributed by atoms with Crippen molar-refractivity contribution in [1.29, 1.82) is 0 Å². The van der Waals surface area contributed by atoms with Gasteiger partial charge in [0.2, 0.25) is 0 Å². The third-order valence-electron chi connectivity index (χ3n) is 1.30. The van der Waals surface area contributed by atoms with E-state index < -0.39 is 29.8 Å². The van der Waals surface area contributed by atoms with E-state index in [4.69, 9.17) is 30.6 Å². The molecule has 0 unspecified atom stereocenters. The van der Waals surface area contributed by atoms with Crippen LogP contribution in [-0.4, -0.2) is 54.5 Å². The van der Waals surface area contributed by atoms with Crippen LogP contribution in [0.5, 0.6) is 0 Å². The molecule has 0 amide bonds. The van der Waals surface area contributed by atoms with E-state index in [1.165, 1.54) is 13.8 Å². The Balaban J connectivity index is -0.0000000995. The Bertz CT molecular complexity index is 321. The molecule has 0 saturated heterocycles. The molecule has 0 bridgehead atoms. The topological polar surface area (TPSA) is 173 Å². The van der Waals surface area contributed by atoms with Crippen LogP contribution in [0.2, 0.25) is 0 Å². The average molecular weight is 322 g/mol. The molecule has 0 atom stereocenters. The largest absolute Gasteiger partial charge is 0.478 e. The van der Waals surface area contributed by atoms with Crippen molar-refractivity contribution in [2.45, 2.75) is 19.8 Å². The molecule has 0 aliphatic rings. The minimum Gasteiger partial charge on any atom is -0.478 e. The molecule has 0 radical (unpaired) electrons. The SMILES string of the molecule is C=CC(=O)O.C=CC(=O)O.C=CC(=O)O.CC(C)C(O)(O)O. The maximum absolute atomic E-state index is 9.25. The minimum atomic E-state index is -2.50. The van der Waals surface area contributed by atoms with Gasteiger partial charge in [0.1, 0.15) is 0 Å². The number of carboxylic acid groups (broad SMARTS) is 3. The molecule has 0 heterocycles. The molecule has 9 nitrogen and oxygen atoms in total. The Hall–Kier alpha value is -2.49. The highest BCUT2D eigenvalue weighted by Crippen LogP contribution is 2.06. The quantitative estimate of drug-likeness (QED) is 0.308. The predicted octanol–water partition coefficient (Wildman–Crippen LogP) is 0.0441. The summed E-state index contributed by atoms with van der Waals surface area (Å²) in [6.07, 6.45) is 2.50. The molecule has 0 rings (SSSR count). The number of rotatable bonds is 4. The van der Waals surface area contributed by atoms with E-state index in [1.54, 1.807) is 0 Å². The summed E-state index contributed by atoms with van der Waals surface area (Å²) in [5.74, 6) is -5.98. The summed E-state index contributed by atoms with van der Waals surface area (Å²) in [5.41, 5.74) is 0. The van der Waals surface area contributed by atoms with Gasteiger partial charge in [-0.1, -0.05) is 33.6 Å². The van der Waals surface area contributed by atoms with E-state index in [0.29, 0.717) is 0 Å². The monoisotopic (exact) mass is 322 g/mol. The zero-order valence-corrected chi connectivity index (χ0v) is 12.3. The number of hydrogen-bond acceptors (Lipinski definition) is 6. The molecule has 9 heteroatoms. The average Bonchev–Trinajstić information content (AvgIpc) is 2.39. The summed E-state index contributed by atoms with van der Waals surface area (Å²) >= 11 is 0. The summed E-state index contributed by atoms with van der Waals surface area (Å²) in [6.45, 7) is 11.9. The number of aliphatic hydroxyl groups is 3. The number of aliphatic carboxylic acids is 3. The van der Waals surface area contributed by atoms with Gasteiger partial charge >= 0.3 is 17.9 Å². The van der Waals surface area contributed by atoms with Gasteiger partial charge in [-0.05, 0) is 0 Å². The third kappa shape index (κ3) is 52.8. The first-order valence-corrected chi connectivity index (χ1v) is 5.49. The van der Waals surface area contributed by atoms with E-state index in [-0.39, 0.29) is 0 Å². The van der Waals surface area contributed by atoms with Gasteiger partial charge in [0.05, 0.1) is 0 Å². The van der Waals surface area contributed by atoms with Crippen molar-refractivity contribution in [3.63, 3.8) is 0 Å². The lowest BCUT2D eigenvalue weighted by Crippen LogP contribution is -2.33. The van der Waals surface area contributed by atoms with Crippen LogP contribution in [0.25, 0.3) is 0 Å². The first kappa shape index (κ1) is 27.8. The Labute approximate surface area is 127 Å². The highest BCUT2D eigenvalue weighted by atomic mass is 16.7. The Morgan fingerprint density at radius 3 is 0.864 bits per heavy atom. The van der Waals surface area contributed by atoms with Gasteiger partial charge < -0.3 is 30.6 Å². The fraction of sp³-hybridized carbons (Fsp3) is 0.308. The molecule has 0 aliphatic heterocycles. The zero-order valence-electron chi connectivity index (χ0n) is 12.3. The Morgan fingerprint density at radius 1 is 0.773 bits per heavy atom. The van der Waals surface area contributed by atoms with Gasteiger partial charge in [-0.2, -0.15) is 0 Å². The second-order valence-electron chi connectivity index (χ2n) is 3.47. The summed E-state index contributed by atoms with van der Waals surface area (Å²) in [5, 5.41) is 47.4. The molecule has 0 spiro atoms. The zero-order chi connectivity index (χ0) is 18.9. The molecular weight excluding hydrogens is 300 g/mol. The van der Waals surface area contributed by atoms with Gasteiger partial charge in [-0.15, -0.1) is 0 Å².